The predicted molar refractivity (Wildman–Crippen MR) is 101 cm³/mol. The van der Waals surface area contributed by atoms with Gasteiger partial charge in [0, 0.05) is 5.56 Å². The van der Waals surface area contributed by atoms with Crippen LogP contribution in [0.2, 0.25) is 0 Å². The molecule has 7 heteroatoms. The lowest BCUT2D eigenvalue weighted by Crippen LogP contribution is -2.30. The van der Waals surface area contributed by atoms with Gasteiger partial charge >= 0.3 is 0 Å². The molecule has 2 aromatic carbocycles. The molecule has 0 unspecified atom stereocenters. The van der Waals surface area contributed by atoms with Crippen LogP contribution in [0.15, 0.2) is 65.3 Å². The molecule has 0 bridgehead atoms. The molecular weight excluding hydrogens is 364 g/mol. The van der Waals surface area contributed by atoms with E-state index in [-0.39, 0.29) is 12.7 Å². The fourth-order valence-electron chi connectivity index (χ4n) is 2.95. The van der Waals surface area contributed by atoms with Gasteiger partial charge in [-0.1, -0.05) is 23.5 Å². The molecule has 134 valence electrons. The largest absolute Gasteiger partial charge is 0.467 e. The average molecular weight is 378 g/mol. The van der Waals surface area contributed by atoms with Crippen LogP contribution >= 0.6 is 11.3 Å². The van der Waals surface area contributed by atoms with Crippen LogP contribution in [-0.4, -0.2) is 17.7 Å². The highest BCUT2D eigenvalue weighted by Gasteiger charge is 2.24. The van der Waals surface area contributed by atoms with Crippen molar-refractivity contribution in [1.29, 1.82) is 0 Å². The molecule has 1 aliphatic heterocycles. The summed E-state index contributed by atoms with van der Waals surface area (Å²) in [6, 6.07) is 16.6. The van der Waals surface area contributed by atoms with Crippen LogP contribution in [0.5, 0.6) is 11.5 Å². The van der Waals surface area contributed by atoms with Crippen molar-refractivity contribution in [3.8, 4) is 11.5 Å². The molecular formula is C20H14N2O4S. The lowest BCUT2D eigenvalue weighted by atomic mass is 10.1. The van der Waals surface area contributed by atoms with Gasteiger partial charge in [-0.15, -0.1) is 0 Å². The number of benzene rings is 2. The quantitative estimate of drug-likeness (QED) is 0.524. The van der Waals surface area contributed by atoms with E-state index in [0.29, 0.717) is 34.5 Å². The first-order chi connectivity index (χ1) is 13.3. The molecule has 0 spiro atoms. The Morgan fingerprint density at radius 3 is 2.81 bits per heavy atom. The third-order valence-corrected chi connectivity index (χ3v) is 5.33. The zero-order valence-corrected chi connectivity index (χ0v) is 14.9. The highest BCUT2D eigenvalue weighted by atomic mass is 32.1. The molecule has 5 rings (SSSR count). The molecule has 2 aromatic heterocycles. The summed E-state index contributed by atoms with van der Waals surface area (Å²) in [5, 5.41) is 0.621. The zero-order chi connectivity index (χ0) is 18.2. The van der Waals surface area contributed by atoms with Crippen molar-refractivity contribution in [1.82, 2.24) is 4.98 Å². The van der Waals surface area contributed by atoms with Gasteiger partial charge in [-0.3, -0.25) is 9.69 Å². The molecule has 1 aliphatic rings. The number of aromatic nitrogens is 1. The number of anilines is 1. The number of hydrogen-bond acceptors (Lipinski definition) is 6. The van der Waals surface area contributed by atoms with E-state index in [2.05, 4.69) is 4.98 Å². The molecule has 0 aliphatic carbocycles. The molecule has 3 heterocycles. The van der Waals surface area contributed by atoms with Crippen molar-refractivity contribution in [2.24, 2.45) is 0 Å². The van der Waals surface area contributed by atoms with Gasteiger partial charge in [0.15, 0.2) is 16.6 Å². The molecule has 0 radical (unpaired) electrons. The monoisotopic (exact) mass is 378 g/mol. The molecule has 6 nitrogen and oxygen atoms in total. The van der Waals surface area contributed by atoms with Gasteiger partial charge in [-0.2, -0.15) is 0 Å². The minimum atomic E-state index is -0.177. The molecule has 0 atom stereocenters. The Hall–Kier alpha value is -3.32. The van der Waals surface area contributed by atoms with Crippen molar-refractivity contribution in [2.45, 2.75) is 6.54 Å². The SMILES string of the molecule is O=C(c1ccc2c(c1)OCO2)N(Cc1ccco1)c1nc2ccccc2s1. The number of ether oxygens (including phenoxy) is 2. The summed E-state index contributed by atoms with van der Waals surface area (Å²) >= 11 is 1.47. The third-order valence-electron chi connectivity index (χ3n) is 4.27. The van der Waals surface area contributed by atoms with Crippen molar-refractivity contribution in [3.05, 3.63) is 72.2 Å². The Bertz CT molecular complexity index is 1090. The Morgan fingerprint density at radius 1 is 1.07 bits per heavy atom. The fraction of sp³-hybridized carbons (Fsp3) is 0.100. The number of hydrogen-bond donors (Lipinski definition) is 0. The summed E-state index contributed by atoms with van der Waals surface area (Å²) in [6.07, 6.45) is 1.59. The number of para-hydroxylation sites is 1. The van der Waals surface area contributed by atoms with Crippen LogP contribution < -0.4 is 14.4 Å². The highest BCUT2D eigenvalue weighted by molar-refractivity contribution is 7.22. The number of amides is 1. The number of rotatable bonds is 4. The fourth-order valence-corrected chi connectivity index (χ4v) is 3.91. The molecule has 0 saturated carbocycles. The molecule has 0 N–H and O–H groups in total. The van der Waals surface area contributed by atoms with Crippen LogP contribution in [0.1, 0.15) is 16.1 Å². The Morgan fingerprint density at radius 2 is 1.96 bits per heavy atom. The van der Waals surface area contributed by atoms with Crippen LogP contribution in [0.4, 0.5) is 5.13 Å². The van der Waals surface area contributed by atoms with Crippen molar-refractivity contribution in [2.75, 3.05) is 11.7 Å². The number of fused-ring (bicyclic) bond motifs is 2. The zero-order valence-electron chi connectivity index (χ0n) is 14.1. The normalized spacial score (nSPS) is 12.4. The van der Waals surface area contributed by atoms with Gasteiger partial charge in [-0.05, 0) is 42.5 Å². The summed E-state index contributed by atoms with van der Waals surface area (Å²) < 4.78 is 17.2. The number of nitrogens with zero attached hydrogens (tertiary/aromatic N) is 2. The predicted octanol–water partition coefficient (Wildman–Crippen LogP) is 4.47. The summed E-state index contributed by atoms with van der Waals surface area (Å²) in [4.78, 5) is 19.6. The summed E-state index contributed by atoms with van der Waals surface area (Å²) in [5.74, 6) is 1.72. The van der Waals surface area contributed by atoms with E-state index in [9.17, 15) is 4.79 Å². The lowest BCUT2D eigenvalue weighted by molar-refractivity contribution is 0.0983. The molecule has 1 amide bonds. The Kier molecular flexibility index (Phi) is 3.79. The molecule has 4 aromatic rings. The number of carbonyl (C=O) groups is 1. The first-order valence-corrected chi connectivity index (χ1v) is 9.19. The van der Waals surface area contributed by atoms with E-state index < -0.39 is 0 Å². The number of thiazole rings is 1. The van der Waals surface area contributed by atoms with Crippen molar-refractivity contribution >= 4 is 32.6 Å². The van der Waals surface area contributed by atoms with Gasteiger partial charge in [0.25, 0.3) is 5.91 Å². The molecule has 0 fully saturated rings. The van der Waals surface area contributed by atoms with Gasteiger partial charge in [0.05, 0.1) is 23.0 Å². The summed E-state index contributed by atoms with van der Waals surface area (Å²) in [7, 11) is 0. The lowest BCUT2D eigenvalue weighted by Gasteiger charge is -2.19. The van der Waals surface area contributed by atoms with Crippen molar-refractivity contribution < 1.29 is 18.7 Å². The van der Waals surface area contributed by atoms with Crippen LogP contribution in [0, 0.1) is 0 Å². The third kappa shape index (κ3) is 2.92. The van der Waals surface area contributed by atoms with Gasteiger partial charge in [-0.25, -0.2) is 4.98 Å². The molecule has 27 heavy (non-hydrogen) atoms. The minimum Gasteiger partial charge on any atom is -0.467 e. The average Bonchev–Trinajstić information content (AvgIpc) is 3.44. The van der Waals surface area contributed by atoms with Crippen LogP contribution in [-0.2, 0) is 6.54 Å². The highest BCUT2D eigenvalue weighted by Crippen LogP contribution is 2.35. The smallest absolute Gasteiger partial charge is 0.260 e. The Labute approximate surface area is 158 Å². The topological polar surface area (TPSA) is 64.8 Å². The second-order valence-electron chi connectivity index (χ2n) is 6.00. The maximum absolute atomic E-state index is 13.3. The first-order valence-electron chi connectivity index (χ1n) is 8.37. The van der Waals surface area contributed by atoms with E-state index in [1.165, 1.54) is 11.3 Å². The Balaban J connectivity index is 1.55. The van der Waals surface area contributed by atoms with E-state index in [0.717, 1.165) is 10.2 Å². The van der Waals surface area contributed by atoms with E-state index in [1.54, 1.807) is 35.4 Å². The second-order valence-corrected chi connectivity index (χ2v) is 7.01. The number of carbonyl (C=O) groups excluding carboxylic acids is 1. The van der Waals surface area contributed by atoms with E-state index in [1.807, 2.05) is 30.3 Å². The van der Waals surface area contributed by atoms with Gasteiger partial charge in [0.1, 0.15) is 5.76 Å². The maximum Gasteiger partial charge on any atom is 0.260 e. The van der Waals surface area contributed by atoms with Crippen molar-refractivity contribution in [3.63, 3.8) is 0 Å². The number of furan rings is 1. The van der Waals surface area contributed by atoms with Crippen LogP contribution in [0.25, 0.3) is 10.2 Å². The summed E-state index contributed by atoms with van der Waals surface area (Å²) in [6.45, 7) is 0.459. The minimum absolute atomic E-state index is 0.168. The summed E-state index contributed by atoms with van der Waals surface area (Å²) in [5.41, 5.74) is 1.37. The standard InChI is InChI=1S/C20H14N2O4S/c23-19(13-7-8-16-17(10-13)26-12-25-16)22(11-14-4-3-9-24-14)20-21-15-5-1-2-6-18(15)27-20/h1-10H,11-12H2. The van der Waals surface area contributed by atoms with Crippen LogP contribution in [0.3, 0.4) is 0 Å². The van der Waals surface area contributed by atoms with E-state index in [4.69, 9.17) is 13.9 Å². The second kappa shape index (κ2) is 6.44. The first kappa shape index (κ1) is 15.9. The molecule has 0 saturated heterocycles. The van der Waals surface area contributed by atoms with Gasteiger partial charge in [0.2, 0.25) is 6.79 Å². The maximum atomic E-state index is 13.3. The van der Waals surface area contributed by atoms with E-state index >= 15 is 0 Å². The van der Waals surface area contributed by atoms with Gasteiger partial charge < -0.3 is 13.9 Å².